The number of nitrogens with one attached hydrogen (secondary N) is 1. The molecule has 0 saturated carbocycles. The number of nitrogens with two attached hydrogens (primary N) is 1. The van der Waals surface area contributed by atoms with Gasteiger partial charge in [0.1, 0.15) is 0 Å². The molecule has 3 aromatic carbocycles. The van der Waals surface area contributed by atoms with Crippen molar-refractivity contribution in [2.24, 2.45) is 10.9 Å². The van der Waals surface area contributed by atoms with E-state index in [4.69, 9.17) is 5.84 Å². The van der Waals surface area contributed by atoms with E-state index in [0.717, 1.165) is 29.1 Å². The van der Waals surface area contributed by atoms with Crippen molar-refractivity contribution < 1.29 is 0 Å². The average molecular weight is 315 g/mol. The summed E-state index contributed by atoms with van der Waals surface area (Å²) in [5.74, 6) is 5.72. The maximum absolute atomic E-state index is 5.72. The first-order valence-corrected chi connectivity index (χ1v) is 8.00. The lowest BCUT2D eigenvalue weighted by molar-refractivity contribution is 1.14. The summed E-state index contributed by atoms with van der Waals surface area (Å²) in [6.45, 7) is 2.83. The molecular weight excluding hydrogens is 294 g/mol. The van der Waals surface area contributed by atoms with E-state index < -0.39 is 0 Å². The predicted octanol–water partition coefficient (Wildman–Crippen LogP) is 4.32. The maximum atomic E-state index is 5.72. The molecule has 0 spiro atoms. The molecule has 0 aliphatic rings. The summed E-state index contributed by atoms with van der Waals surface area (Å²) in [4.78, 5) is 0. The second kappa shape index (κ2) is 7.47. The zero-order valence-corrected chi connectivity index (χ0v) is 13.7. The Morgan fingerprint density at radius 3 is 2.25 bits per heavy atom. The summed E-state index contributed by atoms with van der Waals surface area (Å²) in [5, 5.41) is 7.57. The van der Waals surface area contributed by atoms with Gasteiger partial charge in [-0.1, -0.05) is 72.3 Å². The van der Waals surface area contributed by atoms with E-state index in [9.17, 15) is 0 Å². The van der Waals surface area contributed by atoms with E-state index in [2.05, 4.69) is 47.7 Å². The number of hydrazone groups is 1. The molecule has 0 aliphatic heterocycles. The summed E-state index contributed by atoms with van der Waals surface area (Å²) in [6.07, 6.45) is 0. The van der Waals surface area contributed by atoms with E-state index >= 15 is 0 Å². The van der Waals surface area contributed by atoms with Gasteiger partial charge in [0.05, 0.1) is 5.71 Å². The van der Waals surface area contributed by atoms with E-state index in [-0.39, 0.29) is 0 Å². The highest BCUT2D eigenvalue weighted by Gasteiger charge is 2.12. The number of nitrogens with zero attached hydrogens (tertiary/aromatic N) is 1. The first kappa shape index (κ1) is 15.8. The highest BCUT2D eigenvalue weighted by atomic mass is 15.1. The van der Waals surface area contributed by atoms with Crippen LogP contribution >= 0.6 is 0 Å². The van der Waals surface area contributed by atoms with Crippen molar-refractivity contribution in [3.05, 3.63) is 101 Å². The molecule has 0 amide bonds. The number of anilines is 1. The summed E-state index contributed by atoms with van der Waals surface area (Å²) in [5.41, 5.74) is 6.24. The van der Waals surface area contributed by atoms with Gasteiger partial charge in [0.15, 0.2) is 0 Å². The van der Waals surface area contributed by atoms with Gasteiger partial charge in [0.2, 0.25) is 0 Å². The number of hydrogen-bond acceptors (Lipinski definition) is 3. The van der Waals surface area contributed by atoms with Crippen molar-refractivity contribution >= 4 is 11.4 Å². The molecule has 3 aromatic rings. The summed E-state index contributed by atoms with van der Waals surface area (Å²) in [6, 6.07) is 26.6. The fourth-order valence-corrected chi connectivity index (χ4v) is 2.70. The molecule has 0 heterocycles. The van der Waals surface area contributed by atoms with Crippen LogP contribution in [0.4, 0.5) is 5.69 Å². The normalized spacial score (nSPS) is 11.3. The third kappa shape index (κ3) is 3.63. The molecule has 0 radical (unpaired) electrons. The second-order valence-electron chi connectivity index (χ2n) is 5.73. The van der Waals surface area contributed by atoms with Gasteiger partial charge in [0, 0.05) is 23.4 Å². The van der Waals surface area contributed by atoms with Gasteiger partial charge in [-0.25, -0.2) is 0 Å². The molecule has 0 aromatic heterocycles. The fraction of sp³-hybridized carbons (Fsp3) is 0.0952. The Bertz CT molecular complexity index is 824. The van der Waals surface area contributed by atoms with Gasteiger partial charge in [-0.3, -0.25) is 0 Å². The summed E-state index contributed by atoms with van der Waals surface area (Å²) in [7, 11) is 0. The van der Waals surface area contributed by atoms with Crippen molar-refractivity contribution in [1.29, 1.82) is 0 Å². The molecule has 24 heavy (non-hydrogen) atoms. The van der Waals surface area contributed by atoms with Crippen LogP contribution in [0, 0.1) is 6.92 Å². The number of rotatable bonds is 5. The fourth-order valence-electron chi connectivity index (χ4n) is 2.70. The molecule has 0 saturated heterocycles. The number of benzene rings is 3. The van der Waals surface area contributed by atoms with Gasteiger partial charge in [-0.15, -0.1) is 0 Å². The largest absolute Gasteiger partial charge is 0.380 e. The molecule has 0 atom stereocenters. The van der Waals surface area contributed by atoms with Crippen LogP contribution in [0.3, 0.4) is 0 Å². The highest BCUT2D eigenvalue weighted by Crippen LogP contribution is 2.22. The topological polar surface area (TPSA) is 50.4 Å². The quantitative estimate of drug-likeness (QED) is 0.418. The zero-order valence-electron chi connectivity index (χ0n) is 13.7. The minimum atomic E-state index is 0.754. The van der Waals surface area contributed by atoms with Crippen LogP contribution in [0.25, 0.3) is 0 Å². The van der Waals surface area contributed by atoms with Crippen molar-refractivity contribution in [1.82, 2.24) is 0 Å². The van der Waals surface area contributed by atoms with Gasteiger partial charge < -0.3 is 11.2 Å². The standard InChI is InChI=1S/C21H21N3/c1-16-12-13-20(23-15-17-8-4-2-5-9-17)19(14-16)21(24-22)18-10-6-3-7-11-18/h2-14,23H,15,22H2,1H3. The molecule has 120 valence electrons. The lowest BCUT2D eigenvalue weighted by Gasteiger charge is -2.15. The van der Waals surface area contributed by atoms with Crippen LogP contribution in [-0.4, -0.2) is 5.71 Å². The molecule has 3 nitrogen and oxygen atoms in total. The van der Waals surface area contributed by atoms with E-state index in [1.165, 1.54) is 11.1 Å². The molecular formula is C21H21N3. The van der Waals surface area contributed by atoms with Crippen molar-refractivity contribution in [3.63, 3.8) is 0 Å². The molecule has 0 unspecified atom stereocenters. The SMILES string of the molecule is Cc1ccc(NCc2ccccc2)c(C(=NN)c2ccccc2)c1. The Balaban J connectivity index is 1.93. The first-order chi connectivity index (χ1) is 11.8. The van der Waals surface area contributed by atoms with Crippen molar-refractivity contribution in [2.75, 3.05) is 5.32 Å². The van der Waals surface area contributed by atoms with Gasteiger partial charge in [-0.05, 0) is 24.6 Å². The van der Waals surface area contributed by atoms with Crippen molar-refractivity contribution in [2.45, 2.75) is 13.5 Å². The molecule has 0 fully saturated rings. The van der Waals surface area contributed by atoms with E-state index in [1.807, 2.05) is 48.5 Å². The van der Waals surface area contributed by atoms with Crippen LogP contribution in [0.2, 0.25) is 0 Å². The Morgan fingerprint density at radius 2 is 1.58 bits per heavy atom. The molecule has 3 rings (SSSR count). The van der Waals surface area contributed by atoms with E-state index in [1.54, 1.807) is 0 Å². The van der Waals surface area contributed by atoms with Crippen molar-refractivity contribution in [3.8, 4) is 0 Å². The van der Waals surface area contributed by atoms with Crippen LogP contribution < -0.4 is 11.2 Å². The highest BCUT2D eigenvalue weighted by molar-refractivity contribution is 6.15. The monoisotopic (exact) mass is 315 g/mol. The minimum Gasteiger partial charge on any atom is -0.380 e. The van der Waals surface area contributed by atoms with Crippen LogP contribution in [0.1, 0.15) is 22.3 Å². The lowest BCUT2D eigenvalue weighted by Crippen LogP contribution is -2.11. The Morgan fingerprint density at radius 1 is 0.917 bits per heavy atom. The smallest absolute Gasteiger partial charge is 0.0992 e. The Hall–Kier alpha value is -3.07. The molecule has 3 N–H and O–H groups in total. The lowest BCUT2D eigenvalue weighted by atomic mass is 9.98. The third-order valence-electron chi connectivity index (χ3n) is 3.93. The van der Waals surface area contributed by atoms with E-state index in [0.29, 0.717) is 0 Å². The summed E-state index contributed by atoms with van der Waals surface area (Å²) >= 11 is 0. The molecule has 3 heteroatoms. The number of hydrogen-bond donors (Lipinski definition) is 2. The first-order valence-electron chi connectivity index (χ1n) is 8.00. The van der Waals surface area contributed by atoms with Crippen LogP contribution in [-0.2, 0) is 6.54 Å². The predicted molar refractivity (Wildman–Crippen MR) is 101 cm³/mol. The van der Waals surface area contributed by atoms with Crippen LogP contribution in [0.5, 0.6) is 0 Å². The van der Waals surface area contributed by atoms with Gasteiger partial charge in [0.25, 0.3) is 0 Å². The van der Waals surface area contributed by atoms with Gasteiger partial charge >= 0.3 is 0 Å². The van der Waals surface area contributed by atoms with Gasteiger partial charge in [-0.2, -0.15) is 5.10 Å². The molecule has 0 aliphatic carbocycles. The summed E-state index contributed by atoms with van der Waals surface area (Å²) < 4.78 is 0. The molecule has 0 bridgehead atoms. The Kier molecular flexibility index (Phi) is 4.92. The number of aryl methyl sites for hydroxylation is 1. The average Bonchev–Trinajstić information content (AvgIpc) is 2.63. The zero-order chi connectivity index (χ0) is 16.8. The Labute approximate surface area is 142 Å². The van der Waals surface area contributed by atoms with Crippen LogP contribution in [0.15, 0.2) is 84.0 Å². The maximum Gasteiger partial charge on any atom is 0.0992 e. The second-order valence-corrected chi connectivity index (χ2v) is 5.73. The third-order valence-corrected chi connectivity index (χ3v) is 3.93. The minimum absolute atomic E-state index is 0.754.